The molecular weight excluding hydrogens is 144 g/mol. The lowest BCUT2D eigenvalue weighted by molar-refractivity contribution is 0.163. The Kier molecular flexibility index (Phi) is 5.61. The van der Waals surface area contributed by atoms with Crippen LogP contribution in [0.4, 0.5) is 0 Å². The highest BCUT2D eigenvalue weighted by molar-refractivity contribution is 4.77. The van der Waals surface area contributed by atoms with Gasteiger partial charge in [0.15, 0.2) is 0 Å². The Hall–Kier alpha value is 0. The molecule has 0 saturated heterocycles. The van der Waals surface area contributed by atoms with E-state index in [0.29, 0.717) is 5.41 Å². The summed E-state index contributed by atoms with van der Waals surface area (Å²) in [6.45, 7) is 11.8. The Bertz CT molecular complexity index is 107. The molecule has 74 valence electrons. The Balaban J connectivity index is 4.08. The van der Waals surface area contributed by atoms with Gasteiger partial charge in [0.1, 0.15) is 0 Å². The third kappa shape index (κ3) is 3.16. The molecule has 0 heteroatoms. The van der Waals surface area contributed by atoms with Crippen molar-refractivity contribution in [2.45, 2.75) is 66.7 Å². The maximum absolute atomic E-state index is 2.46. The number of rotatable bonds is 6. The van der Waals surface area contributed by atoms with Gasteiger partial charge in [-0.25, -0.2) is 0 Å². The highest BCUT2D eigenvalue weighted by atomic mass is 14.3. The van der Waals surface area contributed by atoms with Gasteiger partial charge in [0.25, 0.3) is 0 Å². The van der Waals surface area contributed by atoms with Crippen LogP contribution < -0.4 is 0 Å². The van der Waals surface area contributed by atoms with E-state index < -0.39 is 0 Å². The summed E-state index contributed by atoms with van der Waals surface area (Å²) in [5.74, 6) is 0.896. The van der Waals surface area contributed by atoms with Gasteiger partial charge >= 0.3 is 0 Å². The van der Waals surface area contributed by atoms with Crippen LogP contribution in [0.2, 0.25) is 0 Å². The predicted octanol–water partition coefficient (Wildman–Crippen LogP) is 4.64. The molecule has 0 spiro atoms. The largest absolute Gasteiger partial charge is 0.0654 e. The summed E-state index contributed by atoms with van der Waals surface area (Å²) in [5, 5.41) is 0. The summed E-state index contributed by atoms with van der Waals surface area (Å²) in [6, 6.07) is 0. The van der Waals surface area contributed by atoms with Crippen molar-refractivity contribution >= 4 is 0 Å². The van der Waals surface area contributed by atoms with Crippen LogP contribution in [0, 0.1) is 11.3 Å². The van der Waals surface area contributed by atoms with E-state index >= 15 is 0 Å². The smallest absolute Gasteiger partial charge is 0.0303 e. The first-order chi connectivity index (χ1) is 5.60. The zero-order valence-corrected chi connectivity index (χ0v) is 9.61. The summed E-state index contributed by atoms with van der Waals surface area (Å²) in [6.07, 6.45) is 6.79. The van der Waals surface area contributed by atoms with Crippen LogP contribution in [-0.2, 0) is 0 Å². The topological polar surface area (TPSA) is 0 Å². The second-order valence-electron chi connectivity index (χ2n) is 4.45. The fourth-order valence-electron chi connectivity index (χ4n) is 2.12. The summed E-state index contributed by atoms with van der Waals surface area (Å²) < 4.78 is 0. The lowest BCUT2D eigenvalue weighted by Crippen LogP contribution is -2.24. The molecule has 0 heterocycles. The van der Waals surface area contributed by atoms with Gasteiger partial charge in [0.2, 0.25) is 0 Å². The van der Waals surface area contributed by atoms with Gasteiger partial charge < -0.3 is 0 Å². The van der Waals surface area contributed by atoms with E-state index in [0.717, 1.165) is 5.92 Å². The molecule has 0 aliphatic rings. The van der Waals surface area contributed by atoms with Crippen molar-refractivity contribution in [3.05, 3.63) is 0 Å². The molecule has 0 aromatic carbocycles. The standard InChI is InChI=1S/C12H26/c1-6-9-11(4)12(5,8-3)10-7-2/h11H,6-10H2,1-5H3. The molecule has 0 aromatic heterocycles. The van der Waals surface area contributed by atoms with Crippen LogP contribution in [0.3, 0.4) is 0 Å². The van der Waals surface area contributed by atoms with Crippen molar-refractivity contribution in [2.75, 3.05) is 0 Å². The average molecular weight is 170 g/mol. The first-order valence-electron chi connectivity index (χ1n) is 5.60. The molecule has 2 unspecified atom stereocenters. The van der Waals surface area contributed by atoms with Gasteiger partial charge in [0, 0.05) is 0 Å². The van der Waals surface area contributed by atoms with E-state index in [9.17, 15) is 0 Å². The zero-order valence-electron chi connectivity index (χ0n) is 9.61. The third-order valence-corrected chi connectivity index (χ3v) is 3.54. The fourth-order valence-corrected chi connectivity index (χ4v) is 2.12. The fraction of sp³-hybridized carbons (Fsp3) is 1.00. The van der Waals surface area contributed by atoms with Crippen molar-refractivity contribution in [1.82, 2.24) is 0 Å². The monoisotopic (exact) mass is 170 g/mol. The minimum Gasteiger partial charge on any atom is -0.0654 e. The molecule has 0 radical (unpaired) electrons. The van der Waals surface area contributed by atoms with E-state index in [1.54, 1.807) is 0 Å². The molecule has 0 amide bonds. The van der Waals surface area contributed by atoms with Crippen LogP contribution in [0.5, 0.6) is 0 Å². The molecule has 2 atom stereocenters. The van der Waals surface area contributed by atoms with Crippen molar-refractivity contribution in [3.63, 3.8) is 0 Å². The Morgan fingerprint density at radius 1 is 1.08 bits per heavy atom. The molecule has 0 saturated carbocycles. The maximum atomic E-state index is 2.46. The minimum atomic E-state index is 0.602. The molecule has 0 aliphatic heterocycles. The highest BCUT2D eigenvalue weighted by Gasteiger charge is 2.27. The first kappa shape index (κ1) is 12.0. The van der Waals surface area contributed by atoms with Crippen LogP contribution in [0.1, 0.15) is 66.7 Å². The summed E-state index contributed by atoms with van der Waals surface area (Å²) in [5.41, 5.74) is 0.602. The van der Waals surface area contributed by atoms with Crippen LogP contribution in [0.15, 0.2) is 0 Å². The zero-order chi connectivity index (χ0) is 9.61. The molecule has 0 aromatic rings. The van der Waals surface area contributed by atoms with Crippen LogP contribution in [0.25, 0.3) is 0 Å². The predicted molar refractivity (Wildman–Crippen MR) is 57.4 cm³/mol. The van der Waals surface area contributed by atoms with E-state index in [2.05, 4.69) is 34.6 Å². The Morgan fingerprint density at radius 2 is 1.67 bits per heavy atom. The van der Waals surface area contributed by atoms with Crippen molar-refractivity contribution in [2.24, 2.45) is 11.3 Å². The second kappa shape index (κ2) is 5.61. The molecule has 0 N–H and O–H groups in total. The number of hydrogen-bond acceptors (Lipinski definition) is 0. The average Bonchev–Trinajstić information content (AvgIpc) is 2.05. The molecule has 0 aliphatic carbocycles. The van der Waals surface area contributed by atoms with E-state index in [4.69, 9.17) is 0 Å². The van der Waals surface area contributed by atoms with Crippen LogP contribution >= 0.6 is 0 Å². The molecule has 0 nitrogen and oxygen atoms in total. The normalized spacial score (nSPS) is 18.8. The lowest BCUT2D eigenvalue weighted by atomic mass is 9.71. The molecule has 0 bridgehead atoms. The van der Waals surface area contributed by atoms with Gasteiger partial charge in [-0.15, -0.1) is 0 Å². The van der Waals surface area contributed by atoms with Crippen molar-refractivity contribution < 1.29 is 0 Å². The molecule has 12 heavy (non-hydrogen) atoms. The first-order valence-corrected chi connectivity index (χ1v) is 5.60. The van der Waals surface area contributed by atoms with Crippen molar-refractivity contribution in [3.8, 4) is 0 Å². The Labute approximate surface area is 78.8 Å². The van der Waals surface area contributed by atoms with Gasteiger partial charge in [-0.3, -0.25) is 0 Å². The van der Waals surface area contributed by atoms with Gasteiger partial charge in [0.05, 0.1) is 0 Å². The summed E-state index contributed by atoms with van der Waals surface area (Å²) >= 11 is 0. The SMILES string of the molecule is CCCC(C)C(C)(CC)CCC. The van der Waals surface area contributed by atoms with Gasteiger partial charge in [-0.05, 0) is 17.8 Å². The van der Waals surface area contributed by atoms with Crippen molar-refractivity contribution in [1.29, 1.82) is 0 Å². The molecular formula is C12H26. The highest BCUT2D eigenvalue weighted by Crippen LogP contribution is 2.38. The van der Waals surface area contributed by atoms with E-state index in [-0.39, 0.29) is 0 Å². The summed E-state index contributed by atoms with van der Waals surface area (Å²) in [4.78, 5) is 0. The van der Waals surface area contributed by atoms with E-state index in [1.807, 2.05) is 0 Å². The number of hydrogen-bond donors (Lipinski definition) is 0. The molecule has 0 fully saturated rings. The van der Waals surface area contributed by atoms with Gasteiger partial charge in [-0.1, -0.05) is 60.3 Å². The second-order valence-corrected chi connectivity index (χ2v) is 4.45. The Morgan fingerprint density at radius 3 is 2.00 bits per heavy atom. The third-order valence-electron chi connectivity index (χ3n) is 3.54. The van der Waals surface area contributed by atoms with E-state index in [1.165, 1.54) is 32.1 Å². The van der Waals surface area contributed by atoms with Crippen LogP contribution in [-0.4, -0.2) is 0 Å². The van der Waals surface area contributed by atoms with Gasteiger partial charge in [-0.2, -0.15) is 0 Å². The minimum absolute atomic E-state index is 0.602. The molecule has 0 rings (SSSR count). The maximum Gasteiger partial charge on any atom is -0.0303 e. The lowest BCUT2D eigenvalue weighted by Gasteiger charge is -2.34. The summed E-state index contributed by atoms with van der Waals surface area (Å²) in [7, 11) is 0. The quantitative estimate of drug-likeness (QED) is 0.545.